The highest BCUT2D eigenvalue weighted by molar-refractivity contribution is 6.56. The van der Waals surface area contributed by atoms with Crippen molar-refractivity contribution < 1.29 is 28.7 Å². The van der Waals surface area contributed by atoms with E-state index in [1.807, 2.05) is 27.7 Å². The predicted molar refractivity (Wildman–Crippen MR) is 103 cm³/mol. The Labute approximate surface area is 159 Å². The van der Waals surface area contributed by atoms with Crippen LogP contribution < -0.4 is 10.1 Å². The van der Waals surface area contributed by atoms with E-state index in [9.17, 15) is 14.7 Å². The molecule has 7 nitrogen and oxygen atoms in total. The summed E-state index contributed by atoms with van der Waals surface area (Å²) in [5, 5.41) is 12.3. The lowest BCUT2D eigenvalue weighted by Crippen LogP contribution is -2.41. The molecule has 1 aliphatic rings. The molecule has 1 fully saturated rings. The Morgan fingerprint density at radius 1 is 1.22 bits per heavy atom. The fraction of sp³-hybridized carbons (Fsp3) is 0.474. The molecule has 0 aromatic heterocycles. The minimum Gasteiger partial charge on any atom is -0.497 e. The van der Waals surface area contributed by atoms with E-state index < -0.39 is 24.3 Å². The van der Waals surface area contributed by atoms with E-state index in [2.05, 4.69) is 5.32 Å². The Kier molecular flexibility index (Phi) is 6.02. The number of rotatable bonds is 6. The second-order valence-electron chi connectivity index (χ2n) is 7.48. The number of carboxylic acid groups (broad SMARTS) is 1. The van der Waals surface area contributed by atoms with Gasteiger partial charge in [-0.2, -0.15) is 0 Å². The number of carbonyl (C=O) groups is 2. The maximum atomic E-state index is 11.6. The van der Waals surface area contributed by atoms with Gasteiger partial charge in [0.15, 0.2) is 0 Å². The van der Waals surface area contributed by atoms with Gasteiger partial charge in [-0.1, -0.05) is 12.1 Å². The molecule has 0 saturated carbocycles. The third-order valence-corrected chi connectivity index (χ3v) is 4.93. The van der Waals surface area contributed by atoms with Crippen LogP contribution >= 0.6 is 0 Å². The van der Waals surface area contributed by atoms with E-state index in [1.165, 1.54) is 20.1 Å². The number of amides is 1. The first-order chi connectivity index (χ1) is 12.5. The molecule has 1 aromatic carbocycles. The van der Waals surface area contributed by atoms with Crippen molar-refractivity contribution in [3.05, 3.63) is 34.8 Å². The van der Waals surface area contributed by atoms with Crippen LogP contribution in [0.1, 0.15) is 50.5 Å². The van der Waals surface area contributed by atoms with Crippen molar-refractivity contribution in [3.63, 3.8) is 0 Å². The first kappa shape index (κ1) is 21.0. The van der Waals surface area contributed by atoms with Crippen LogP contribution in [-0.2, 0) is 14.1 Å². The van der Waals surface area contributed by atoms with Gasteiger partial charge in [-0.05, 0) is 50.9 Å². The summed E-state index contributed by atoms with van der Waals surface area (Å²) < 4.78 is 17.2. The van der Waals surface area contributed by atoms with Crippen LogP contribution in [0.25, 0.3) is 6.08 Å². The summed E-state index contributed by atoms with van der Waals surface area (Å²) in [5.74, 6) is -0.831. The zero-order valence-corrected chi connectivity index (χ0v) is 16.6. The molecule has 8 heteroatoms. The number of benzene rings is 1. The molecule has 27 heavy (non-hydrogen) atoms. The Hall–Kier alpha value is -2.32. The normalized spacial score (nSPS) is 18.3. The summed E-state index contributed by atoms with van der Waals surface area (Å²) in [6, 6.07) is 4.79. The minimum absolute atomic E-state index is 0.0891. The third-order valence-electron chi connectivity index (χ3n) is 4.93. The van der Waals surface area contributed by atoms with Crippen LogP contribution in [0.4, 0.5) is 0 Å². The molecule has 1 aromatic rings. The van der Waals surface area contributed by atoms with Crippen LogP contribution in [0.5, 0.6) is 5.75 Å². The van der Waals surface area contributed by atoms with Gasteiger partial charge in [-0.15, -0.1) is 0 Å². The second kappa shape index (κ2) is 7.74. The van der Waals surface area contributed by atoms with Crippen LogP contribution in [0, 0.1) is 0 Å². The molecule has 0 spiro atoms. The van der Waals surface area contributed by atoms with Gasteiger partial charge in [0, 0.05) is 13.5 Å². The Morgan fingerprint density at radius 3 is 2.30 bits per heavy atom. The molecule has 0 radical (unpaired) electrons. The zero-order valence-electron chi connectivity index (χ0n) is 16.6. The Balaban J connectivity index is 2.46. The van der Waals surface area contributed by atoms with Crippen LogP contribution in [0.3, 0.4) is 0 Å². The van der Waals surface area contributed by atoms with Crippen molar-refractivity contribution in [2.45, 2.75) is 45.8 Å². The molecule has 1 amide bonds. The van der Waals surface area contributed by atoms with Crippen molar-refractivity contribution in [1.82, 2.24) is 5.32 Å². The van der Waals surface area contributed by atoms with E-state index in [0.717, 1.165) is 0 Å². The van der Waals surface area contributed by atoms with E-state index in [4.69, 9.17) is 14.0 Å². The molecular weight excluding hydrogens is 349 g/mol. The Bertz CT molecular complexity index is 755. The molecule has 1 heterocycles. The third kappa shape index (κ3) is 4.70. The summed E-state index contributed by atoms with van der Waals surface area (Å²) >= 11 is 0. The number of nitrogens with one attached hydrogen (secondary N) is 1. The van der Waals surface area contributed by atoms with Gasteiger partial charge in [0.1, 0.15) is 5.75 Å². The highest BCUT2D eigenvalue weighted by Crippen LogP contribution is 2.39. The molecule has 2 N–H and O–H groups in total. The maximum absolute atomic E-state index is 11.6. The van der Waals surface area contributed by atoms with E-state index in [-0.39, 0.29) is 18.0 Å². The van der Waals surface area contributed by atoms with Crippen molar-refractivity contribution in [1.29, 1.82) is 0 Å². The quantitative estimate of drug-likeness (QED) is 0.743. The molecule has 1 aliphatic heterocycles. The highest BCUT2D eigenvalue weighted by atomic mass is 16.7. The zero-order chi connectivity index (χ0) is 20.4. The van der Waals surface area contributed by atoms with E-state index >= 15 is 0 Å². The first-order valence-electron chi connectivity index (χ1n) is 8.69. The fourth-order valence-corrected chi connectivity index (χ4v) is 2.60. The lowest BCUT2D eigenvalue weighted by atomic mass is 9.76. The van der Waals surface area contributed by atoms with E-state index in [0.29, 0.717) is 16.8 Å². The summed E-state index contributed by atoms with van der Waals surface area (Å²) in [6.07, 6.45) is 1.68. The molecule has 0 unspecified atom stereocenters. The van der Waals surface area contributed by atoms with Gasteiger partial charge in [-0.3, -0.25) is 4.79 Å². The predicted octanol–water partition coefficient (Wildman–Crippen LogP) is 2.54. The number of aromatic carboxylic acids is 1. The van der Waals surface area contributed by atoms with Crippen LogP contribution in [-0.4, -0.2) is 49.0 Å². The maximum Gasteiger partial charge on any atom is 0.492 e. The topological polar surface area (TPSA) is 94.1 Å². The fourth-order valence-electron chi connectivity index (χ4n) is 2.60. The summed E-state index contributed by atoms with van der Waals surface area (Å²) in [7, 11) is 0.772. The van der Waals surface area contributed by atoms with Gasteiger partial charge in [0.05, 0.1) is 23.9 Å². The lowest BCUT2D eigenvalue weighted by molar-refractivity contribution is -0.118. The largest absolute Gasteiger partial charge is 0.497 e. The standard InChI is InChI=1S/C19H26BNO6/c1-12(22)21-11-14(20-26-18(2,3)19(4,5)27-20)9-13-7-8-15(25-6)10-16(13)17(23)24/h7-10H,11H2,1-6H3,(H,21,22)(H,23,24). The number of carboxylic acids is 1. The van der Waals surface area contributed by atoms with Gasteiger partial charge >= 0.3 is 13.1 Å². The summed E-state index contributed by atoms with van der Waals surface area (Å²) in [5.41, 5.74) is 0.0754. The minimum atomic E-state index is -1.08. The number of hydrogen-bond donors (Lipinski definition) is 2. The van der Waals surface area contributed by atoms with Gasteiger partial charge < -0.3 is 24.5 Å². The molecule has 0 atom stereocenters. The highest BCUT2D eigenvalue weighted by Gasteiger charge is 2.52. The van der Waals surface area contributed by atoms with Crippen molar-refractivity contribution >= 4 is 25.1 Å². The smallest absolute Gasteiger partial charge is 0.492 e. The number of carbonyl (C=O) groups excluding carboxylic acids is 1. The summed E-state index contributed by atoms with van der Waals surface area (Å²) in [4.78, 5) is 23.0. The molecule has 1 saturated heterocycles. The van der Waals surface area contributed by atoms with Crippen molar-refractivity contribution in [2.24, 2.45) is 0 Å². The SMILES string of the molecule is COc1ccc(C=C(CNC(C)=O)B2OC(C)(C)C(C)(C)O2)c(C(=O)O)c1. The van der Waals surface area contributed by atoms with Crippen LogP contribution in [0.15, 0.2) is 23.7 Å². The lowest BCUT2D eigenvalue weighted by Gasteiger charge is -2.32. The number of methoxy groups -OCH3 is 1. The number of ether oxygens (including phenoxy) is 1. The Morgan fingerprint density at radius 2 is 1.81 bits per heavy atom. The molecule has 2 rings (SSSR count). The van der Waals surface area contributed by atoms with Gasteiger partial charge in [-0.25, -0.2) is 4.79 Å². The molecule has 0 aliphatic carbocycles. The summed E-state index contributed by atoms with van der Waals surface area (Å²) in [6.45, 7) is 9.31. The molecular formula is C19H26BNO6. The van der Waals surface area contributed by atoms with E-state index in [1.54, 1.807) is 18.2 Å². The van der Waals surface area contributed by atoms with Crippen molar-refractivity contribution in [2.75, 3.05) is 13.7 Å². The first-order valence-corrected chi connectivity index (χ1v) is 8.69. The number of hydrogen-bond acceptors (Lipinski definition) is 5. The van der Waals surface area contributed by atoms with Crippen molar-refractivity contribution in [3.8, 4) is 5.75 Å². The van der Waals surface area contributed by atoms with Crippen LogP contribution in [0.2, 0.25) is 0 Å². The second-order valence-corrected chi connectivity index (χ2v) is 7.48. The van der Waals surface area contributed by atoms with Gasteiger partial charge in [0.25, 0.3) is 0 Å². The molecule has 0 bridgehead atoms. The average Bonchev–Trinajstić information content (AvgIpc) is 2.78. The monoisotopic (exact) mass is 375 g/mol. The molecule has 146 valence electrons. The average molecular weight is 375 g/mol. The van der Waals surface area contributed by atoms with Gasteiger partial charge in [0.2, 0.25) is 5.91 Å².